The molecule has 3 rings (SSSR count). The zero-order valence-corrected chi connectivity index (χ0v) is 13.2. The molecular formula is C17H20ClNO3. The Bertz CT molecular complexity index is 633. The molecule has 1 heterocycles. The van der Waals surface area contributed by atoms with Gasteiger partial charge in [-0.25, -0.2) is 0 Å². The van der Waals surface area contributed by atoms with Crippen molar-refractivity contribution in [2.24, 2.45) is 5.73 Å². The van der Waals surface area contributed by atoms with Crippen LogP contribution < -0.4 is 10.5 Å². The molecule has 3 N–H and O–H groups in total. The van der Waals surface area contributed by atoms with Crippen molar-refractivity contribution in [1.82, 2.24) is 0 Å². The van der Waals surface area contributed by atoms with Crippen molar-refractivity contribution in [3.8, 4) is 11.5 Å². The number of phenolic OH excluding ortho intramolecular Hbond substituents is 1. The molecule has 0 spiro atoms. The van der Waals surface area contributed by atoms with Gasteiger partial charge in [0.2, 0.25) is 0 Å². The van der Waals surface area contributed by atoms with Crippen molar-refractivity contribution in [2.75, 3.05) is 13.7 Å². The van der Waals surface area contributed by atoms with Gasteiger partial charge in [-0.1, -0.05) is 36.4 Å². The first-order chi connectivity index (χ1) is 10.2. The summed E-state index contributed by atoms with van der Waals surface area (Å²) >= 11 is 0. The van der Waals surface area contributed by atoms with E-state index in [-0.39, 0.29) is 30.4 Å². The summed E-state index contributed by atoms with van der Waals surface area (Å²) in [6.07, 6.45) is 0.291. The molecule has 2 aromatic carbocycles. The number of halogens is 1. The van der Waals surface area contributed by atoms with E-state index in [4.69, 9.17) is 15.2 Å². The number of hydrogen-bond acceptors (Lipinski definition) is 4. The molecule has 1 aliphatic rings. The van der Waals surface area contributed by atoms with Gasteiger partial charge in [0, 0.05) is 18.5 Å². The SMILES string of the molecule is COc1ccc2c(c1O)C[C@@H](c1ccccc1)O[C@H]2CN.Cl. The van der Waals surface area contributed by atoms with Crippen LogP contribution in [0.15, 0.2) is 42.5 Å². The normalized spacial score (nSPS) is 19.9. The third kappa shape index (κ3) is 2.90. The van der Waals surface area contributed by atoms with Gasteiger partial charge in [0.15, 0.2) is 11.5 Å². The van der Waals surface area contributed by atoms with Crippen LogP contribution in [-0.2, 0) is 11.2 Å². The average molecular weight is 322 g/mol. The number of benzene rings is 2. The molecule has 0 saturated carbocycles. The molecule has 0 bridgehead atoms. The van der Waals surface area contributed by atoms with Crippen molar-refractivity contribution in [3.05, 3.63) is 59.2 Å². The molecule has 0 amide bonds. The van der Waals surface area contributed by atoms with Crippen LogP contribution in [0.1, 0.15) is 28.9 Å². The second kappa shape index (κ2) is 7.01. The highest BCUT2D eigenvalue weighted by molar-refractivity contribution is 5.85. The predicted molar refractivity (Wildman–Crippen MR) is 87.7 cm³/mol. The minimum absolute atomic E-state index is 0. The van der Waals surface area contributed by atoms with Gasteiger partial charge in [0.25, 0.3) is 0 Å². The lowest BCUT2D eigenvalue weighted by Gasteiger charge is -2.32. The lowest BCUT2D eigenvalue weighted by atomic mass is 9.90. The lowest BCUT2D eigenvalue weighted by Crippen LogP contribution is -2.25. The zero-order chi connectivity index (χ0) is 14.8. The first-order valence-corrected chi connectivity index (χ1v) is 7.03. The van der Waals surface area contributed by atoms with Crippen molar-refractivity contribution < 1.29 is 14.6 Å². The highest BCUT2D eigenvalue weighted by atomic mass is 35.5. The summed E-state index contributed by atoms with van der Waals surface area (Å²) in [4.78, 5) is 0. The molecule has 5 heteroatoms. The van der Waals surface area contributed by atoms with E-state index >= 15 is 0 Å². The van der Waals surface area contributed by atoms with E-state index in [0.717, 1.165) is 16.7 Å². The third-order valence-corrected chi connectivity index (χ3v) is 3.95. The largest absolute Gasteiger partial charge is 0.504 e. The number of rotatable bonds is 3. The Labute approximate surface area is 136 Å². The summed E-state index contributed by atoms with van der Waals surface area (Å²) in [5.74, 6) is 0.677. The number of fused-ring (bicyclic) bond motifs is 1. The molecule has 1 aliphatic heterocycles. The molecule has 0 unspecified atom stereocenters. The number of phenols is 1. The van der Waals surface area contributed by atoms with Crippen molar-refractivity contribution >= 4 is 12.4 Å². The van der Waals surface area contributed by atoms with Gasteiger partial charge < -0.3 is 20.3 Å². The van der Waals surface area contributed by atoms with Crippen LogP contribution in [0.5, 0.6) is 11.5 Å². The van der Waals surface area contributed by atoms with Crippen LogP contribution in [0.2, 0.25) is 0 Å². The zero-order valence-electron chi connectivity index (χ0n) is 12.4. The Morgan fingerprint density at radius 1 is 1.23 bits per heavy atom. The average Bonchev–Trinajstić information content (AvgIpc) is 2.55. The first kappa shape index (κ1) is 16.6. The molecule has 0 saturated heterocycles. The van der Waals surface area contributed by atoms with Gasteiger partial charge in [-0.2, -0.15) is 0 Å². The second-order valence-corrected chi connectivity index (χ2v) is 5.15. The van der Waals surface area contributed by atoms with E-state index in [1.165, 1.54) is 0 Å². The highest BCUT2D eigenvalue weighted by Gasteiger charge is 2.30. The molecule has 0 aliphatic carbocycles. The number of aromatic hydroxyl groups is 1. The van der Waals surface area contributed by atoms with Gasteiger partial charge >= 0.3 is 0 Å². The van der Waals surface area contributed by atoms with Crippen LogP contribution in [-0.4, -0.2) is 18.8 Å². The maximum atomic E-state index is 10.4. The maximum absolute atomic E-state index is 10.4. The molecule has 4 nitrogen and oxygen atoms in total. The molecule has 2 aromatic rings. The molecule has 0 fully saturated rings. The van der Waals surface area contributed by atoms with Crippen LogP contribution in [0, 0.1) is 0 Å². The number of methoxy groups -OCH3 is 1. The van der Waals surface area contributed by atoms with Gasteiger partial charge in [-0.3, -0.25) is 0 Å². The minimum atomic E-state index is -0.212. The van der Waals surface area contributed by atoms with E-state index < -0.39 is 0 Å². The number of nitrogens with two attached hydrogens (primary N) is 1. The quantitative estimate of drug-likeness (QED) is 0.911. The molecule has 22 heavy (non-hydrogen) atoms. The van der Waals surface area contributed by atoms with Crippen molar-refractivity contribution in [3.63, 3.8) is 0 Å². The van der Waals surface area contributed by atoms with E-state index in [0.29, 0.717) is 18.7 Å². The van der Waals surface area contributed by atoms with Gasteiger partial charge in [-0.15, -0.1) is 12.4 Å². The standard InChI is InChI=1S/C17H19NO3.ClH/c1-20-14-8-7-12-13(17(14)19)9-15(21-16(12)10-18)11-5-3-2-4-6-11;/h2-8,15-16,19H,9-10,18H2,1H3;1H/t15-,16-;/m0./s1. The lowest BCUT2D eigenvalue weighted by molar-refractivity contribution is -0.0230. The summed E-state index contributed by atoms with van der Waals surface area (Å²) in [7, 11) is 1.55. The Morgan fingerprint density at radius 3 is 2.59 bits per heavy atom. The molecule has 118 valence electrons. The fourth-order valence-electron chi connectivity index (χ4n) is 2.86. The van der Waals surface area contributed by atoms with Crippen LogP contribution in [0.25, 0.3) is 0 Å². The number of ether oxygens (including phenoxy) is 2. The Morgan fingerprint density at radius 2 is 1.95 bits per heavy atom. The Hall–Kier alpha value is -1.75. The maximum Gasteiger partial charge on any atom is 0.161 e. The summed E-state index contributed by atoms with van der Waals surface area (Å²) in [6, 6.07) is 13.7. The first-order valence-electron chi connectivity index (χ1n) is 7.03. The number of hydrogen-bond donors (Lipinski definition) is 2. The third-order valence-electron chi connectivity index (χ3n) is 3.95. The van der Waals surface area contributed by atoms with Gasteiger partial charge in [-0.05, 0) is 17.2 Å². The summed E-state index contributed by atoms with van der Waals surface area (Å²) < 4.78 is 11.3. The molecule has 0 radical (unpaired) electrons. The van der Waals surface area contributed by atoms with Crippen LogP contribution >= 0.6 is 12.4 Å². The smallest absolute Gasteiger partial charge is 0.161 e. The Balaban J connectivity index is 0.00000176. The molecule has 2 atom stereocenters. The monoisotopic (exact) mass is 321 g/mol. The second-order valence-electron chi connectivity index (χ2n) is 5.15. The van der Waals surface area contributed by atoms with E-state index in [1.807, 2.05) is 36.4 Å². The fraction of sp³-hybridized carbons (Fsp3) is 0.294. The highest BCUT2D eigenvalue weighted by Crippen LogP contribution is 2.43. The minimum Gasteiger partial charge on any atom is -0.504 e. The van der Waals surface area contributed by atoms with Gasteiger partial charge in [0.1, 0.15) is 0 Å². The summed E-state index contributed by atoms with van der Waals surface area (Å²) in [5.41, 5.74) is 8.74. The fourth-order valence-corrected chi connectivity index (χ4v) is 2.86. The summed E-state index contributed by atoms with van der Waals surface area (Å²) in [5, 5.41) is 10.4. The van der Waals surface area contributed by atoms with Crippen LogP contribution in [0.3, 0.4) is 0 Å². The van der Waals surface area contributed by atoms with Gasteiger partial charge in [0.05, 0.1) is 19.3 Å². The summed E-state index contributed by atoms with van der Waals surface area (Å²) in [6.45, 7) is 0.377. The van der Waals surface area contributed by atoms with Crippen molar-refractivity contribution in [1.29, 1.82) is 0 Å². The topological polar surface area (TPSA) is 64.7 Å². The molecular weight excluding hydrogens is 302 g/mol. The van der Waals surface area contributed by atoms with E-state index in [2.05, 4.69) is 0 Å². The van der Waals surface area contributed by atoms with Crippen LogP contribution in [0.4, 0.5) is 0 Å². The van der Waals surface area contributed by atoms with Crippen molar-refractivity contribution in [2.45, 2.75) is 18.6 Å². The Kier molecular flexibility index (Phi) is 5.29. The van der Waals surface area contributed by atoms with E-state index in [9.17, 15) is 5.11 Å². The predicted octanol–water partition coefficient (Wildman–Crippen LogP) is 3.14. The van der Waals surface area contributed by atoms with E-state index in [1.54, 1.807) is 13.2 Å². The molecule has 0 aromatic heterocycles.